The van der Waals surface area contributed by atoms with Crippen molar-refractivity contribution in [2.24, 2.45) is 11.8 Å². The van der Waals surface area contributed by atoms with Crippen LogP contribution < -0.4 is 5.32 Å². The second kappa shape index (κ2) is 7.12. The summed E-state index contributed by atoms with van der Waals surface area (Å²) in [5, 5.41) is 3.03. The third-order valence-electron chi connectivity index (χ3n) is 6.27. The molecule has 0 bridgehead atoms. The fourth-order valence-corrected chi connectivity index (χ4v) is 4.40. The van der Waals surface area contributed by atoms with Gasteiger partial charge in [-0.25, -0.2) is 0 Å². The Kier molecular flexibility index (Phi) is 4.46. The minimum Gasteiger partial charge on any atom is -0.461 e. The fourth-order valence-electron chi connectivity index (χ4n) is 4.40. The first kappa shape index (κ1) is 17.5. The van der Waals surface area contributed by atoms with E-state index in [4.69, 9.17) is 4.42 Å². The number of fused-ring (bicyclic) bond motifs is 1. The number of nitrogens with one attached hydrogen (secondary N) is 1. The first-order valence-electron chi connectivity index (χ1n) is 10.5. The molecule has 2 fully saturated rings. The lowest BCUT2D eigenvalue weighted by Gasteiger charge is -2.26. The maximum absolute atomic E-state index is 12.3. The van der Waals surface area contributed by atoms with E-state index >= 15 is 0 Å². The minimum absolute atomic E-state index is 0.138. The van der Waals surface area contributed by atoms with E-state index in [1.54, 1.807) is 0 Å². The van der Waals surface area contributed by atoms with Gasteiger partial charge in [0, 0.05) is 48.2 Å². The van der Waals surface area contributed by atoms with Crippen LogP contribution in [0.25, 0.3) is 11.3 Å². The molecule has 2 aliphatic carbocycles. The van der Waals surface area contributed by atoms with Crippen LogP contribution in [0.1, 0.15) is 49.8 Å². The summed E-state index contributed by atoms with van der Waals surface area (Å²) in [4.78, 5) is 26.6. The number of anilines is 1. The lowest BCUT2D eigenvalue weighted by atomic mass is 10.1. The van der Waals surface area contributed by atoms with Gasteiger partial charge in [-0.3, -0.25) is 9.59 Å². The summed E-state index contributed by atoms with van der Waals surface area (Å²) in [7, 11) is 0. The van der Waals surface area contributed by atoms with E-state index in [0.717, 1.165) is 79.8 Å². The highest BCUT2D eigenvalue weighted by atomic mass is 16.3. The highest BCUT2D eigenvalue weighted by molar-refractivity contribution is 5.92. The van der Waals surface area contributed by atoms with Gasteiger partial charge < -0.3 is 14.6 Å². The molecule has 1 aromatic carbocycles. The maximum Gasteiger partial charge on any atom is 0.227 e. The van der Waals surface area contributed by atoms with Crippen LogP contribution in [0.2, 0.25) is 0 Å². The van der Waals surface area contributed by atoms with Crippen LogP contribution in [-0.2, 0) is 22.6 Å². The molecule has 2 heterocycles. The zero-order valence-electron chi connectivity index (χ0n) is 16.1. The van der Waals surface area contributed by atoms with Crippen LogP contribution >= 0.6 is 0 Å². The summed E-state index contributed by atoms with van der Waals surface area (Å²) in [5.74, 6) is 2.69. The molecule has 0 unspecified atom stereocenters. The van der Waals surface area contributed by atoms with Crippen LogP contribution in [0, 0.1) is 11.8 Å². The van der Waals surface area contributed by atoms with E-state index < -0.39 is 0 Å². The topological polar surface area (TPSA) is 62.6 Å². The summed E-state index contributed by atoms with van der Waals surface area (Å²) in [5.41, 5.74) is 2.94. The summed E-state index contributed by atoms with van der Waals surface area (Å²) in [6.07, 6.45) is 7.19. The molecule has 0 saturated heterocycles. The Labute approximate surface area is 165 Å². The first-order valence-corrected chi connectivity index (χ1v) is 10.5. The van der Waals surface area contributed by atoms with Crippen molar-refractivity contribution in [2.75, 3.05) is 11.9 Å². The fraction of sp³-hybridized carbons (Fsp3) is 0.478. The van der Waals surface area contributed by atoms with Crippen molar-refractivity contribution in [3.8, 4) is 11.3 Å². The quantitative estimate of drug-likeness (QED) is 0.859. The molecule has 28 heavy (non-hydrogen) atoms. The highest BCUT2D eigenvalue weighted by Gasteiger charge is 2.35. The molecule has 5 heteroatoms. The van der Waals surface area contributed by atoms with E-state index in [0.29, 0.717) is 12.5 Å². The van der Waals surface area contributed by atoms with Gasteiger partial charge in [-0.2, -0.15) is 0 Å². The average molecular weight is 378 g/mol. The second-order valence-corrected chi connectivity index (χ2v) is 8.39. The normalized spacial score (nSPS) is 19.5. The Morgan fingerprint density at radius 2 is 1.75 bits per heavy atom. The van der Waals surface area contributed by atoms with Gasteiger partial charge in [0.2, 0.25) is 11.8 Å². The van der Waals surface area contributed by atoms with Crippen LogP contribution in [0.5, 0.6) is 0 Å². The molecule has 0 atom stereocenters. The zero-order chi connectivity index (χ0) is 19.1. The Hall–Kier alpha value is -2.56. The van der Waals surface area contributed by atoms with Crippen molar-refractivity contribution >= 4 is 17.5 Å². The molecule has 5 rings (SSSR count). The summed E-state index contributed by atoms with van der Waals surface area (Å²) >= 11 is 0. The van der Waals surface area contributed by atoms with Gasteiger partial charge in [0.15, 0.2) is 0 Å². The van der Waals surface area contributed by atoms with Crippen LogP contribution in [0.4, 0.5) is 5.69 Å². The third-order valence-corrected chi connectivity index (χ3v) is 6.27. The average Bonchev–Trinajstić information content (AvgIpc) is 3.25. The van der Waals surface area contributed by atoms with Crippen molar-refractivity contribution in [1.29, 1.82) is 0 Å². The molecule has 2 aromatic rings. The van der Waals surface area contributed by atoms with Gasteiger partial charge in [-0.15, -0.1) is 0 Å². The number of carbonyl (C=O) groups is 2. The van der Waals surface area contributed by atoms with Gasteiger partial charge in [0.1, 0.15) is 11.5 Å². The van der Waals surface area contributed by atoms with Gasteiger partial charge in [0.25, 0.3) is 0 Å². The van der Waals surface area contributed by atoms with Crippen LogP contribution in [0.15, 0.2) is 34.7 Å². The van der Waals surface area contributed by atoms with Crippen molar-refractivity contribution in [2.45, 2.75) is 51.5 Å². The van der Waals surface area contributed by atoms with E-state index in [-0.39, 0.29) is 17.7 Å². The zero-order valence-corrected chi connectivity index (χ0v) is 16.1. The molecule has 0 spiro atoms. The third kappa shape index (κ3) is 3.46. The molecule has 1 N–H and O–H groups in total. The standard InChI is InChI=1S/C23H26N2O3/c26-22(16-3-1-2-4-16)24-19-9-7-15(8-10-19)21-13-18-14-25(12-11-20(18)28-21)23(27)17-5-6-17/h7-10,13,16-17H,1-6,11-12,14H2,(H,24,26). The Bertz CT molecular complexity index is 889. The SMILES string of the molecule is O=C(Nc1ccc(-c2cc3c(o2)CCN(C(=O)C2CC2)C3)cc1)C1CCCC1. The Morgan fingerprint density at radius 3 is 2.46 bits per heavy atom. The first-order chi connectivity index (χ1) is 13.7. The molecular weight excluding hydrogens is 352 g/mol. The number of nitrogens with zero attached hydrogens (tertiary/aromatic N) is 1. The van der Waals surface area contributed by atoms with Gasteiger partial charge in [-0.05, 0) is 56.0 Å². The number of amides is 2. The van der Waals surface area contributed by atoms with Crippen molar-refractivity contribution in [3.05, 3.63) is 41.7 Å². The van der Waals surface area contributed by atoms with E-state index in [9.17, 15) is 9.59 Å². The van der Waals surface area contributed by atoms with Crippen LogP contribution in [-0.4, -0.2) is 23.3 Å². The summed E-state index contributed by atoms with van der Waals surface area (Å²) < 4.78 is 6.07. The molecule has 0 radical (unpaired) electrons. The summed E-state index contributed by atoms with van der Waals surface area (Å²) in [6.45, 7) is 1.41. The van der Waals surface area contributed by atoms with Gasteiger partial charge >= 0.3 is 0 Å². The van der Waals surface area contributed by atoms with Gasteiger partial charge in [0.05, 0.1) is 0 Å². The number of hydrogen-bond donors (Lipinski definition) is 1. The van der Waals surface area contributed by atoms with Gasteiger partial charge in [-0.1, -0.05) is 12.8 Å². The molecule has 1 aliphatic heterocycles. The lowest BCUT2D eigenvalue weighted by Crippen LogP contribution is -2.36. The predicted molar refractivity (Wildman–Crippen MR) is 107 cm³/mol. The summed E-state index contributed by atoms with van der Waals surface area (Å²) in [6, 6.07) is 9.91. The number of benzene rings is 1. The van der Waals surface area contributed by atoms with Crippen molar-refractivity contribution in [1.82, 2.24) is 4.90 Å². The second-order valence-electron chi connectivity index (χ2n) is 8.39. The number of carbonyl (C=O) groups excluding carboxylic acids is 2. The van der Waals surface area contributed by atoms with Crippen LogP contribution in [0.3, 0.4) is 0 Å². The molecule has 2 amide bonds. The van der Waals surface area contributed by atoms with Crippen molar-refractivity contribution in [3.63, 3.8) is 0 Å². The Balaban J connectivity index is 1.26. The smallest absolute Gasteiger partial charge is 0.227 e. The largest absolute Gasteiger partial charge is 0.461 e. The molecule has 3 aliphatic rings. The monoisotopic (exact) mass is 378 g/mol. The van der Waals surface area contributed by atoms with E-state index in [1.807, 2.05) is 29.2 Å². The molecule has 5 nitrogen and oxygen atoms in total. The minimum atomic E-state index is 0.138. The molecular formula is C23H26N2O3. The van der Waals surface area contributed by atoms with Crippen molar-refractivity contribution < 1.29 is 14.0 Å². The number of rotatable bonds is 4. The van der Waals surface area contributed by atoms with E-state index in [1.165, 1.54) is 0 Å². The highest BCUT2D eigenvalue weighted by Crippen LogP contribution is 2.35. The maximum atomic E-state index is 12.3. The predicted octanol–water partition coefficient (Wildman–Crippen LogP) is 4.37. The molecule has 2 saturated carbocycles. The van der Waals surface area contributed by atoms with E-state index in [2.05, 4.69) is 11.4 Å². The Morgan fingerprint density at radius 1 is 1.00 bits per heavy atom. The molecule has 1 aromatic heterocycles. The molecule has 146 valence electrons. The lowest BCUT2D eigenvalue weighted by molar-refractivity contribution is -0.133. The number of furan rings is 1. The number of hydrogen-bond acceptors (Lipinski definition) is 3.